The van der Waals surface area contributed by atoms with Gasteiger partial charge in [0.1, 0.15) is 19.8 Å². The highest BCUT2D eigenvalue weighted by atomic mass is 16.6. The molecule has 31 heavy (non-hydrogen) atoms. The lowest BCUT2D eigenvalue weighted by Gasteiger charge is -2.18. The number of carbonyl (C=O) groups excluding carboxylic acids is 2. The van der Waals surface area contributed by atoms with Gasteiger partial charge in [-0.25, -0.2) is 14.6 Å². The summed E-state index contributed by atoms with van der Waals surface area (Å²) in [7, 11) is 1.31. The monoisotopic (exact) mass is 419 g/mol. The van der Waals surface area contributed by atoms with Crippen LogP contribution in [0.4, 0.5) is 0 Å². The van der Waals surface area contributed by atoms with E-state index in [1.54, 1.807) is 18.2 Å². The molecule has 4 rings (SSSR count). The fourth-order valence-electron chi connectivity index (χ4n) is 3.43. The number of carbonyl (C=O) groups is 2. The van der Waals surface area contributed by atoms with Crippen LogP contribution in [0.1, 0.15) is 27.2 Å². The first kappa shape index (κ1) is 20.4. The molecule has 158 valence electrons. The Morgan fingerprint density at radius 1 is 1.10 bits per heavy atom. The fraction of sp³-hybridized carbons (Fsp3) is 0.208. The lowest BCUT2D eigenvalue weighted by molar-refractivity contribution is -0.139. The van der Waals surface area contributed by atoms with Gasteiger partial charge in [-0.3, -0.25) is 0 Å². The Balaban J connectivity index is 1.51. The number of rotatable bonds is 5. The molecular formula is C24H21NO6. The van der Waals surface area contributed by atoms with Gasteiger partial charge in [0.05, 0.1) is 23.9 Å². The van der Waals surface area contributed by atoms with Crippen LogP contribution in [0.2, 0.25) is 0 Å². The van der Waals surface area contributed by atoms with Crippen LogP contribution in [-0.2, 0) is 20.9 Å². The molecule has 2 aromatic carbocycles. The summed E-state index contributed by atoms with van der Waals surface area (Å²) in [5.74, 6) is 0.242. The van der Waals surface area contributed by atoms with Gasteiger partial charge < -0.3 is 18.9 Å². The van der Waals surface area contributed by atoms with E-state index in [9.17, 15) is 9.59 Å². The molecule has 1 aliphatic heterocycles. The first-order valence-corrected chi connectivity index (χ1v) is 9.78. The maximum atomic E-state index is 12.3. The van der Waals surface area contributed by atoms with Gasteiger partial charge in [0.25, 0.3) is 0 Å². The molecule has 1 aliphatic rings. The van der Waals surface area contributed by atoms with E-state index in [4.69, 9.17) is 18.9 Å². The second-order valence-corrected chi connectivity index (χ2v) is 6.91. The Hall–Kier alpha value is -3.87. The van der Waals surface area contributed by atoms with E-state index in [0.717, 1.165) is 16.5 Å². The quantitative estimate of drug-likeness (QED) is 0.459. The summed E-state index contributed by atoms with van der Waals surface area (Å²) < 4.78 is 21.3. The van der Waals surface area contributed by atoms with Crippen molar-refractivity contribution in [2.24, 2.45) is 0 Å². The molecule has 7 nitrogen and oxygen atoms in total. The average Bonchev–Trinajstić information content (AvgIpc) is 2.81. The normalized spacial score (nSPS) is 12.7. The number of aryl methyl sites for hydroxylation is 1. The minimum Gasteiger partial charge on any atom is -0.486 e. The lowest BCUT2D eigenvalue weighted by atomic mass is 10.0. The molecule has 0 atom stereocenters. The molecule has 0 spiro atoms. The topological polar surface area (TPSA) is 84.0 Å². The molecule has 0 saturated heterocycles. The van der Waals surface area contributed by atoms with Crippen LogP contribution in [0.5, 0.6) is 11.5 Å². The van der Waals surface area contributed by atoms with E-state index in [2.05, 4.69) is 4.98 Å². The number of para-hydroxylation sites is 1. The second kappa shape index (κ2) is 8.87. The van der Waals surface area contributed by atoms with Crippen molar-refractivity contribution >= 4 is 28.9 Å². The first-order chi connectivity index (χ1) is 15.1. The highest BCUT2D eigenvalue weighted by molar-refractivity contribution is 5.98. The minimum absolute atomic E-state index is 0.152. The summed E-state index contributed by atoms with van der Waals surface area (Å²) in [5.41, 5.74) is 2.88. The predicted octanol–water partition coefficient (Wildman–Crippen LogP) is 3.86. The van der Waals surface area contributed by atoms with Crippen molar-refractivity contribution in [1.29, 1.82) is 0 Å². The molecule has 2 heterocycles. The van der Waals surface area contributed by atoms with E-state index in [1.807, 2.05) is 37.3 Å². The van der Waals surface area contributed by atoms with Gasteiger partial charge >= 0.3 is 11.9 Å². The number of methoxy groups -OCH3 is 1. The summed E-state index contributed by atoms with van der Waals surface area (Å²) in [6.07, 6.45) is 2.94. The maximum absolute atomic E-state index is 12.3. The largest absolute Gasteiger partial charge is 0.486 e. The molecule has 0 fully saturated rings. The van der Waals surface area contributed by atoms with Gasteiger partial charge in [0.15, 0.2) is 11.5 Å². The number of ether oxygens (including phenoxy) is 4. The Morgan fingerprint density at radius 2 is 1.87 bits per heavy atom. The molecule has 0 saturated carbocycles. The Bertz CT molecular complexity index is 1180. The molecule has 0 amide bonds. The van der Waals surface area contributed by atoms with Gasteiger partial charge in [-0.15, -0.1) is 0 Å². The SMILES string of the molecule is COC(=O)c1c(COC(=O)/C=C/c2ccc3c(c2)OCCO3)nc2ccccc2c1C. The van der Waals surface area contributed by atoms with Gasteiger partial charge in [-0.1, -0.05) is 24.3 Å². The zero-order valence-electron chi connectivity index (χ0n) is 17.2. The van der Waals surface area contributed by atoms with Crippen LogP contribution < -0.4 is 9.47 Å². The molecule has 0 aliphatic carbocycles. The third-order valence-corrected chi connectivity index (χ3v) is 4.95. The number of hydrogen-bond donors (Lipinski definition) is 0. The van der Waals surface area contributed by atoms with E-state index < -0.39 is 11.9 Å². The van der Waals surface area contributed by atoms with Gasteiger partial charge in [0, 0.05) is 11.5 Å². The summed E-state index contributed by atoms with van der Waals surface area (Å²) in [5, 5.41) is 0.844. The van der Waals surface area contributed by atoms with Crippen LogP contribution in [0, 0.1) is 6.92 Å². The standard InChI is InChI=1S/C24H21NO6/c1-15-17-5-3-4-6-18(17)25-19(23(15)24(27)28-2)14-31-22(26)10-8-16-7-9-20-21(13-16)30-12-11-29-20/h3-10,13H,11-12,14H2,1-2H3/b10-8+. The van der Waals surface area contributed by atoms with Crippen molar-refractivity contribution in [3.05, 3.63) is 70.9 Å². The molecular weight excluding hydrogens is 398 g/mol. The highest BCUT2D eigenvalue weighted by Crippen LogP contribution is 2.31. The van der Waals surface area contributed by atoms with Crippen molar-refractivity contribution < 1.29 is 28.5 Å². The van der Waals surface area contributed by atoms with Gasteiger partial charge in [-0.2, -0.15) is 0 Å². The number of esters is 2. The minimum atomic E-state index is -0.557. The number of nitrogens with zero attached hydrogens (tertiary/aromatic N) is 1. The fourth-order valence-corrected chi connectivity index (χ4v) is 3.43. The summed E-state index contributed by atoms with van der Waals surface area (Å²) in [6.45, 7) is 2.68. The maximum Gasteiger partial charge on any atom is 0.340 e. The molecule has 0 unspecified atom stereocenters. The van der Waals surface area contributed by atoms with E-state index in [0.29, 0.717) is 41.5 Å². The number of aromatic nitrogens is 1. The van der Waals surface area contributed by atoms with Gasteiger partial charge in [0.2, 0.25) is 0 Å². The van der Waals surface area contributed by atoms with Crippen molar-refractivity contribution in [2.75, 3.05) is 20.3 Å². The summed E-state index contributed by atoms with van der Waals surface area (Å²) in [4.78, 5) is 29.1. The van der Waals surface area contributed by atoms with Crippen molar-refractivity contribution in [1.82, 2.24) is 4.98 Å². The average molecular weight is 419 g/mol. The Kier molecular flexibility index (Phi) is 5.84. The summed E-state index contributed by atoms with van der Waals surface area (Å²) in [6, 6.07) is 12.9. The Morgan fingerprint density at radius 3 is 2.68 bits per heavy atom. The highest BCUT2D eigenvalue weighted by Gasteiger charge is 2.20. The molecule has 7 heteroatoms. The molecule has 0 N–H and O–H groups in total. The zero-order chi connectivity index (χ0) is 21.8. The number of hydrogen-bond acceptors (Lipinski definition) is 7. The van der Waals surface area contributed by atoms with Crippen LogP contribution in [0.3, 0.4) is 0 Å². The van der Waals surface area contributed by atoms with Gasteiger partial charge in [-0.05, 0) is 42.3 Å². The zero-order valence-corrected chi connectivity index (χ0v) is 17.2. The van der Waals surface area contributed by atoms with Crippen molar-refractivity contribution in [3.8, 4) is 11.5 Å². The predicted molar refractivity (Wildman–Crippen MR) is 114 cm³/mol. The molecule has 1 aromatic heterocycles. The van der Waals surface area contributed by atoms with E-state index in [1.165, 1.54) is 13.2 Å². The van der Waals surface area contributed by atoms with Crippen LogP contribution >= 0.6 is 0 Å². The summed E-state index contributed by atoms with van der Waals surface area (Å²) >= 11 is 0. The third kappa shape index (κ3) is 4.35. The van der Waals surface area contributed by atoms with E-state index >= 15 is 0 Å². The smallest absolute Gasteiger partial charge is 0.340 e. The van der Waals surface area contributed by atoms with Crippen LogP contribution in [0.25, 0.3) is 17.0 Å². The molecule has 0 radical (unpaired) electrons. The number of benzene rings is 2. The van der Waals surface area contributed by atoms with E-state index in [-0.39, 0.29) is 6.61 Å². The second-order valence-electron chi connectivity index (χ2n) is 6.91. The molecule has 0 bridgehead atoms. The number of pyridine rings is 1. The Labute approximate surface area is 179 Å². The lowest BCUT2D eigenvalue weighted by Crippen LogP contribution is -2.15. The van der Waals surface area contributed by atoms with Crippen molar-refractivity contribution in [3.63, 3.8) is 0 Å². The van der Waals surface area contributed by atoms with Crippen molar-refractivity contribution in [2.45, 2.75) is 13.5 Å². The third-order valence-electron chi connectivity index (χ3n) is 4.95. The molecule has 3 aromatic rings. The first-order valence-electron chi connectivity index (χ1n) is 9.78. The van der Waals surface area contributed by atoms with Crippen LogP contribution in [-0.4, -0.2) is 37.2 Å². The van der Waals surface area contributed by atoms with Crippen LogP contribution in [0.15, 0.2) is 48.5 Å². The number of fused-ring (bicyclic) bond motifs is 2.